The smallest absolute Gasteiger partial charge is 0.229 e. The van der Waals surface area contributed by atoms with E-state index in [9.17, 15) is 13.2 Å². The average molecular weight is 208 g/mol. The molecule has 0 radical (unpaired) electrons. The predicted molar refractivity (Wildman–Crippen MR) is 47.3 cm³/mol. The van der Waals surface area contributed by atoms with Gasteiger partial charge in [0.15, 0.2) is 14.9 Å². The van der Waals surface area contributed by atoms with Gasteiger partial charge >= 0.3 is 0 Å². The summed E-state index contributed by atoms with van der Waals surface area (Å²) in [6.07, 6.45) is 0.876. The number of hydrogen-bond donors (Lipinski definition) is 2. The molecule has 0 aliphatic rings. The van der Waals surface area contributed by atoms with E-state index < -0.39 is 26.7 Å². The number of sulfone groups is 1. The maximum atomic E-state index is 11.0. The molecule has 0 spiro atoms. The number of hydrogen-bond acceptors (Lipinski definition) is 5. The van der Waals surface area contributed by atoms with Crippen molar-refractivity contribution in [2.45, 2.75) is 6.92 Å². The normalized spacial score (nSPS) is 15.2. The maximum absolute atomic E-state index is 11.0. The molecule has 0 fully saturated rings. The zero-order valence-electron chi connectivity index (χ0n) is 7.60. The number of amides is 1. The molecule has 0 bridgehead atoms. The van der Waals surface area contributed by atoms with Crippen molar-refractivity contribution in [2.75, 3.05) is 13.3 Å². The minimum absolute atomic E-state index is 0.516. The molecule has 1 atom stereocenters. The Hall–Kier alpha value is -1.11. The predicted octanol–water partition coefficient (Wildman–Crippen LogP) is -0.799. The summed E-state index contributed by atoms with van der Waals surface area (Å²) in [5.41, 5.74) is 0. The summed E-state index contributed by atoms with van der Waals surface area (Å²) in [4.78, 5) is 11.0. The molecule has 7 heteroatoms. The Balaban J connectivity index is 4.95. The van der Waals surface area contributed by atoms with E-state index >= 15 is 0 Å². The summed E-state index contributed by atoms with van der Waals surface area (Å²) in [5.74, 6) is -1.50. The van der Waals surface area contributed by atoms with Crippen LogP contribution in [0.5, 0.6) is 0 Å². The summed E-state index contributed by atoms with van der Waals surface area (Å²) >= 11 is 0. The quantitative estimate of drug-likeness (QED) is 0.269. The lowest BCUT2D eigenvalue weighted by atomic mass is 10.2. The largest absolute Gasteiger partial charge is 0.410 e. The zero-order valence-corrected chi connectivity index (χ0v) is 8.42. The molecule has 6 nitrogen and oxygen atoms in total. The van der Waals surface area contributed by atoms with Crippen molar-refractivity contribution in [3.8, 4) is 0 Å². The molecule has 0 saturated carbocycles. The number of carbonyl (C=O) groups excluding carboxylic acids is 1. The highest BCUT2D eigenvalue weighted by Gasteiger charge is 2.26. The van der Waals surface area contributed by atoms with Crippen LogP contribution < -0.4 is 5.32 Å². The van der Waals surface area contributed by atoms with E-state index in [2.05, 4.69) is 10.5 Å². The van der Waals surface area contributed by atoms with Gasteiger partial charge in [-0.1, -0.05) is 5.16 Å². The standard InChI is InChI=1S/C6H12N2O4S/c1-4(5(9)7-2)6(8-10)13(3,11)12/h4,10H,1-3H3,(H,7,9). The van der Waals surface area contributed by atoms with Gasteiger partial charge in [-0.05, 0) is 6.92 Å². The first-order valence-electron chi connectivity index (χ1n) is 3.48. The van der Waals surface area contributed by atoms with Crippen LogP contribution in [0.15, 0.2) is 5.16 Å². The second-order valence-corrected chi connectivity index (χ2v) is 4.51. The summed E-state index contributed by atoms with van der Waals surface area (Å²) in [5, 5.41) is 12.7. The first-order chi connectivity index (χ1) is 5.84. The van der Waals surface area contributed by atoms with Crippen LogP contribution in [0.4, 0.5) is 0 Å². The van der Waals surface area contributed by atoms with Crippen LogP contribution >= 0.6 is 0 Å². The van der Waals surface area contributed by atoms with Gasteiger partial charge in [0.1, 0.15) is 0 Å². The van der Waals surface area contributed by atoms with E-state index in [0.29, 0.717) is 0 Å². The Morgan fingerprint density at radius 3 is 2.23 bits per heavy atom. The molecule has 0 aromatic rings. The van der Waals surface area contributed by atoms with Crippen LogP contribution in [-0.2, 0) is 14.6 Å². The number of nitrogens with zero attached hydrogens (tertiary/aromatic N) is 1. The Kier molecular flexibility index (Phi) is 3.86. The Morgan fingerprint density at radius 2 is 2.00 bits per heavy atom. The fourth-order valence-electron chi connectivity index (χ4n) is 0.811. The van der Waals surface area contributed by atoms with E-state index in [1.165, 1.54) is 14.0 Å². The Morgan fingerprint density at radius 1 is 1.54 bits per heavy atom. The molecule has 76 valence electrons. The third-order valence-electron chi connectivity index (χ3n) is 1.49. The maximum Gasteiger partial charge on any atom is 0.229 e. The van der Waals surface area contributed by atoms with E-state index in [1.807, 2.05) is 0 Å². The first kappa shape index (κ1) is 11.9. The highest BCUT2D eigenvalue weighted by Crippen LogP contribution is 2.04. The van der Waals surface area contributed by atoms with Crippen molar-refractivity contribution in [1.29, 1.82) is 0 Å². The van der Waals surface area contributed by atoms with E-state index in [-0.39, 0.29) is 0 Å². The molecular formula is C6H12N2O4S. The van der Waals surface area contributed by atoms with Gasteiger partial charge < -0.3 is 10.5 Å². The number of carbonyl (C=O) groups is 1. The van der Waals surface area contributed by atoms with Crippen molar-refractivity contribution >= 4 is 20.8 Å². The summed E-state index contributed by atoms with van der Waals surface area (Å²) in [6, 6.07) is 0. The summed E-state index contributed by atoms with van der Waals surface area (Å²) in [7, 11) is -2.26. The second-order valence-electron chi connectivity index (χ2n) is 2.55. The van der Waals surface area contributed by atoms with Crippen LogP contribution in [0, 0.1) is 5.92 Å². The van der Waals surface area contributed by atoms with Gasteiger partial charge in [0.05, 0.1) is 5.92 Å². The molecule has 0 aliphatic heterocycles. The molecule has 1 unspecified atom stereocenters. The van der Waals surface area contributed by atoms with Crippen molar-refractivity contribution in [3.63, 3.8) is 0 Å². The molecule has 0 rings (SSSR count). The molecule has 0 aliphatic carbocycles. The van der Waals surface area contributed by atoms with Gasteiger partial charge in [0.2, 0.25) is 5.91 Å². The van der Waals surface area contributed by atoms with Gasteiger partial charge in [0, 0.05) is 13.3 Å². The molecule has 2 N–H and O–H groups in total. The van der Waals surface area contributed by atoms with Crippen molar-refractivity contribution in [3.05, 3.63) is 0 Å². The molecule has 0 aromatic heterocycles. The van der Waals surface area contributed by atoms with E-state index in [4.69, 9.17) is 5.21 Å². The second kappa shape index (κ2) is 4.22. The Bertz CT molecular complexity index is 320. The van der Waals surface area contributed by atoms with E-state index in [0.717, 1.165) is 6.26 Å². The minimum Gasteiger partial charge on any atom is -0.410 e. The molecule has 13 heavy (non-hydrogen) atoms. The van der Waals surface area contributed by atoms with Crippen molar-refractivity contribution in [1.82, 2.24) is 5.32 Å². The monoisotopic (exact) mass is 208 g/mol. The summed E-state index contributed by atoms with van der Waals surface area (Å²) in [6.45, 7) is 1.34. The van der Waals surface area contributed by atoms with Gasteiger partial charge in [-0.3, -0.25) is 4.79 Å². The third-order valence-corrected chi connectivity index (χ3v) is 2.68. The average Bonchev–Trinajstić information content (AvgIpc) is 2.01. The zero-order chi connectivity index (χ0) is 10.6. The van der Waals surface area contributed by atoms with Crippen molar-refractivity contribution in [2.24, 2.45) is 11.1 Å². The molecular weight excluding hydrogens is 196 g/mol. The minimum atomic E-state index is -3.63. The number of nitrogens with one attached hydrogen (secondary N) is 1. The lowest BCUT2D eigenvalue weighted by Crippen LogP contribution is -2.34. The van der Waals surface area contributed by atoms with Gasteiger partial charge in [-0.15, -0.1) is 0 Å². The lowest BCUT2D eigenvalue weighted by molar-refractivity contribution is -0.122. The third kappa shape index (κ3) is 3.02. The summed E-state index contributed by atoms with van der Waals surface area (Å²) < 4.78 is 21.9. The number of rotatable bonds is 2. The van der Waals surface area contributed by atoms with Crippen LogP contribution in [0.3, 0.4) is 0 Å². The Labute approximate surface area is 76.5 Å². The van der Waals surface area contributed by atoms with Crippen LogP contribution in [0.2, 0.25) is 0 Å². The lowest BCUT2D eigenvalue weighted by Gasteiger charge is -2.09. The molecule has 1 amide bonds. The fourth-order valence-corrected chi connectivity index (χ4v) is 1.71. The van der Waals surface area contributed by atoms with Gasteiger partial charge in [0.25, 0.3) is 0 Å². The molecule has 0 aromatic carbocycles. The highest BCUT2D eigenvalue weighted by atomic mass is 32.2. The van der Waals surface area contributed by atoms with Crippen LogP contribution in [-0.4, -0.2) is 37.9 Å². The molecule has 0 saturated heterocycles. The van der Waals surface area contributed by atoms with Crippen LogP contribution in [0.1, 0.15) is 6.92 Å². The fraction of sp³-hybridized carbons (Fsp3) is 0.667. The molecule has 0 heterocycles. The SMILES string of the molecule is CNC(=O)C(C)C(=NO)S(C)(=O)=O. The number of oxime groups is 1. The van der Waals surface area contributed by atoms with E-state index in [1.54, 1.807) is 0 Å². The van der Waals surface area contributed by atoms with Gasteiger partial charge in [-0.25, -0.2) is 8.42 Å². The highest BCUT2D eigenvalue weighted by molar-refractivity contribution is 8.05. The first-order valence-corrected chi connectivity index (χ1v) is 5.37. The van der Waals surface area contributed by atoms with Crippen LogP contribution in [0.25, 0.3) is 0 Å². The van der Waals surface area contributed by atoms with Gasteiger partial charge in [-0.2, -0.15) is 0 Å². The topological polar surface area (TPSA) is 95.8 Å². The van der Waals surface area contributed by atoms with Crippen molar-refractivity contribution < 1.29 is 18.4 Å².